The Kier molecular flexibility index (Phi) is 3.94. The normalized spacial score (nSPS) is 11.5. The van der Waals surface area contributed by atoms with Crippen LogP contribution in [0.2, 0.25) is 0 Å². The van der Waals surface area contributed by atoms with Gasteiger partial charge in [0.15, 0.2) is 0 Å². The highest BCUT2D eigenvalue weighted by Crippen LogP contribution is 2.23. The molecule has 0 aliphatic heterocycles. The molecule has 0 bridgehead atoms. The molecule has 0 saturated carbocycles. The summed E-state index contributed by atoms with van der Waals surface area (Å²) in [5.74, 6) is -1.42. The molecule has 18 heavy (non-hydrogen) atoms. The summed E-state index contributed by atoms with van der Waals surface area (Å²) < 4.78 is 36.7. The van der Waals surface area contributed by atoms with Crippen LogP contribution in [0.4, 0.5) is 18.9 Å². The minimum Gasteiger partial charge on any atom is -0.477 e. The van der Waals surface area contributed by atoms with Crippen LogP contribution in [0.5, 0.6) is 0 Å². The van der Waals surface area contributed by atoms with E-state index in [2.05, 4.69) is 0 Å². The maximum Gasteiger partial charge on any atom is 0.389 e. The number of carbonyl (C=O) groups is 1. The van der Waals surface area contributed by atoms with Gasteiger partial charge in [-0.05, 0) is 6.42 Å². The van der Waals surface area contributed by atoms with Crippen LogP contribution < -0.4 is 0 Å². The van der Waals surface area contributed by atoms with Gasteiger partial charge in [0, 0.05) is 19.0 Å². The maximum absolute atomic E-state index is 11.9. The fourth-order valence-corrected chi connectivity index (χ4v) is 1.41. The van der Waals surface area contributed by atoms with Gasteiger partial charge in [0.25, 0.3) is 5.69 Å². The van der Waals surface area contributed by atoms with Crippen LogP contribution in [0.3, 0.4) is 0 Å². The number of hydrogen-bond donors (Lipinski definition) is 1. The molecule has 0 fully saturated rings. The molecular formula is C9H9F3N2O4. The number of hydrogen-bond acceptors (Lipinski definition) is 3. The summed E-state index contributed by atoms with van der Waals surface area (Å²) in [4.78, 5) is 20.4. The van der Waals surface area contributed by atoms with Crippen molar-refractivity contribution < 1.29 is 28.0 Å². The quantitative estimate of drug-likeness (QED) is 0.655. The summed E-state index contributed by atoms with van der Waals surface area (Å²) in [6.45, 7) is -0.241. The first-order chi connectivity index (χ1) is 8.20. The van der Waals surface area contributed by atoms with Gasteiger partial charge in [-0.3, -0.25) is 10.1 Å². The van der Waals surface area contributed by atoms with Gasteiger partial charge in [-0.25, -0.2) is 4.79 Å². The van der Waals surface area contributed by atoms with Gasteiger partial charge in [0.2, 0.25) is 0 Å². The van der Waals surface area contributed by atoms with Crippen LogP contribution in [-0.4, -0.2) is 26.7 Å². The second kappa shape index (κ2) is 5.07. The van der Waals surface area contributed by atoms with Crippen molar-refractivity contribution in [3.8, 4) is 0 Å². The molecule has 100 valence electrons. The van der Waals surface area contributed by atoms with E-state index in [-0.39, 0.29) is 13.0 Å². The van der Waals surface area contributed by atoms with E-state index in [1.165, 1.54) is 0 Å². The Morgan fingerprint density at radius 2 is 2.11 bits per heavy atom. The van der Waals surface area contributed by atoms with Gasteiger partial charge < -0.3 is 9.67 Å². The average molecular weight is 266 g/mol. The molecule has 1 aromatic rings. The standard InChI is InChI=1S/C9H9F3N2O4/c10-9(11,12)2-1-3-13-5-6(14(17)18)4-7(13)8(15)16/h4-5H,1-3H2,(H,15,16). The van der Waals surface area contributed by atoms with Gasteiger partial charge in [-0.1, -0.05) is 0 Å². The lowest BCUT2D eigenvalue weighted by Crippen LogP contribution is -2.12. The van der Waals surface area contributed by atoms with Crippen LogP contribution >= 0.6 is 0 Å². The fraction of sp³-hybridized carbons (Fsp3) is 0.444. The Morgan fingerprint density at radius 1 is 1.50 bits per heavy atom. The van der Waals surface area contributed by atoms with E-state index in [1.54, 1.807) is 0 Å². The lowest BCUT2D eigenvalue weighted by atomic mass is 10.3. The van der Waals surface area contributed by atoms with Gasteiger partial charge >= 0.3 is 12.1 Å². The Hall–Kier alpha value is -2.06. The number of carboxylic acids is 1. The molecule has 1 N–H and O–H groups in total. The van der Waals surface area contributed by atoms with Crippen molar-refractivity contribution in [1.29, 1.82) is 0 Å². The summed E-state index contributed by atoms with van der Waals surface area (Å²) in [5, 5.41) is 19.2. The largest absolute Gasteiger partial charge is 0.477 e. The monoisotopic (exact) mass is 266 g/mol. The van der Waals surface area contributed by atoms with Crippen molar-refractivity contribution >= 4 is 11.7 Å². The molecule has 0 amide bonds. The molecule has 0 radical (unpaired) electrons. The maximum atomic E-state index is 11.9. The van der Waals surface area contributed by atoms with E-state index >= 15 is 0 Å². The number of carboxylic acid groups (broad SMARTS) is 1. The molecule has 1 heterocycles. The third-order valence-electron chi connectivity index (χ3n) is 2.17. The Balaban J connectivity index is 2.81. The minimum atomic E-state index is -4.33. The van der Waals surface area contributed by atoms with E-state index in [0.29, 0.717) is 0 Å². The van der Waals surface area contributed by atoms with Gasteiger partial charge in [-0.2, -0.15) is 13.2 Å². The summed E-state index contributed by atoms with van der Waals surface area (Å²) >= 11 is 0. The molecule has 1 aromatic heterocycles. The number of aromatic nitrogens is 1. The summed E-state index contributed by atoms with van der Waals surface area (Å²) in [6, 6.07) is 0.815. The second-order valence-corrected chi connectivity index (χ2v) is 3.56. The molecule has 0 aromatic carbocycles. The molecule has 0 aliphatic rings. The van der Waals surface area contributed by atoms with Crippen molar-refractivity contribution in [3.63, 3.8) is 0 Å². The molecular weight excluding hydrogens is 257 g/mol. The molecule has 0 aliphatic carbocycles. The van der Waals surface area contributed by atoms with Gasteiger partial charge in [0.05, 0.1) is 11.1 Å². The highest BCUT2D eigenvalue weighted by molar-refractivity contribution is 5.86. The Bertz CT molecular complexity index is 467. The van der Waals surface area contributed by atoms with Crippen LogP contribution in [0.15, 0.2) is 12.3 Å². The van der Waals surface area contributed by atoms with E-state index in [0.717, 1.165) is 16.8 Å². The third-order valence-corrected chi connectivity index (χ3v) is 2.17. The van der Waals surface area contributed by atoms with E-state index in [4.69, 9.17) is 5.11 Å². The van der Waals surface area contributed by atoms with Crippen LogP contribution in [0, 0.1) is 10.1 Å². The number of aryl methyl sites for hydroxylation is 1. The zero-order valence-electron chi connectivity index (χ0n) is 8.98. The first-order valence-electron chi connectivity index (χ1n) is 4.85. The van der Waals surface area contributed by atoms with Crippen LogP contribution in [-0.2, 0) is 6.54 Å². The smallest absolute Gasteiger partial charge is 0.389 e. The predicted octanol–water partition coefficient (Wildman–Crippen LogP) is 2.44. The highest BCUT2D eigenvalue weighted by atomic mass is 19.4. The summed E-state index contributed by atoms with van der Waals surface area (Å²) in [7, 11) is 0. The lowest BCUT2D eigenvalue weighted by molar-refractivity contribution is -0.384. The van der Waals surface area contributed by atoms with Crippen LogP contribution in [0.1, 0.15) is 23.3 Å². The fourth-order valence-electron chi connectivity index (χ4n) is 1.41. The molecule has 0 atom stereocenters. The highest BCUT2D eigenvalue weighted by Gasteiger charge is 2.27. The SMILES string of the molecule is O=C(O)c1cc([N+](=O)[O-])cn1CCCC(F)(F)F. The molecule has 0 unspecified atom stereocenters. The molecule has 1 rings (SSSR count). The zero-order chi connectivity index (χ0) is 13.9. The van der Waals surface area contributed by atoms with Crippen molar-refractivity contribution in [3.05, 3.63) is 28.1 Å². The van der Waals surface area contributed by atoms with Crippen molar-refractivity contribution in [2.24, 2.45) is 0 Å². The molecule has 0 spiro atoms. The van der Waals surface area contributed by atoms with Gasteiger partial charge in [0.1, 0.15) is 5.69 Å². The number of halogens is 3. The van der Waals surface area contributed by atoms with Crippen molar-refractivity contribution in [1.82, 2.24) is 4.57 Å². The summed E-state index contributed by atoms with van der Waals surface area (Å²) in [6.07, 6.45) is -4.82. The first-order valence-corrected chi connectivity index (χ1v) is 4.85. The Morgan fingerprint density at radius 3 is 2.56 bits per heavy atom. The number of aromatic carboxylic acids is 1. The summed E-state index contributed by atoms with van der Waals surface area (Å²) in [5.41, 5.74) is -0.858. The van der Waals surface area contributed by atoms with Crippen molar-refractivity contribution in [2.75, 3.05) is 0 Å². The number of nitrogens with zero attached hydrogens (tertiary/aromatic N) is 2. The van der Waals surface area contributed by atoms with Gasteiger partial charge in [-0.15, -0.1) is 0 Å². The first kappa shape index (κ1) is 14.0. The Labute approximate surface area is 98.8 Å². The average Bonchev–Trinajstić information content (AvgIpc) is 2.59. The number of rotatable bonds is 5. The molecule has 6 nitrogen and oxygen atoms in total. The predicted molar refractivity (Wildman–Crippen MR) is 53.3 cm³/mol. The number of alkyl halides is 3. The number of nitro groups is 1. The molecule has 9 heteroatoms. The van der Waals surface area contributed by atoms with E-state index < -0.39 is 34.9 Å². The van der Waals surface area contributed by atoms with Crippen molar-refractivity contribution in [2.45, 2.75) is 25.6 Å². The van der Waals surface area contributed by atoms with E-state index in [9.17, 15) is 28.1 Å². The minimum absolute atomic E-state index is 0.241. The third kappa shape index (κ3) is 3.75. The van der Waals surface area contributed by atoms with E-state index in [1.807, 2.05) is 0 Å². The zero-order valence-corrected chi connectivity index (χ0v) is 8.98. The topological polar surface area (TPSA) is 85.4 Å². The van der Waals surface area contributed by atoms with Crippen LogP contribution in [0.25, 0.3) is 0 Å². The lowest BCUT2D eigenvalue weighted by Gasteiger charge is -2.07. The second-order valence-electron chi connectivity index (χ2n) is 3.56. The molecule has 0 saturated heterocycles.